The van der Waals surface area contributed by atoms with Crippen molar-refractivity contribution in [3.63, 3.8) is 0 Å². The van der Waals surface area contributed by atoms with Gasteiger partial charge in [0.05, 0.1) is 6.04 Å². The van der Waals surface area contributed by atoms with Crippen LogP contribution in [0, 0.1) is 0 Å². The minimum Gasteiger partial charge on any atom is -0.481 e. The predicted molar refractivity (Wildman–Crippen MR) is 126 cm³/mol. The smallest absolute Gasteiger partial charge is 0.303 e. The van der Waals surface area contributed by atoms with Gasteiger partial charge in [0, 0.05) is 19.3 Å². The highest BCUT2D eigenvalue weighted by Gasteiger charge is 2.12. The highest BCUT2D eigenvalue weighted by Crippen LogP contribution is 2.14. The third kappa shape index (κ3) is 22.8. The van der Waals surface area contributed by atoms with Crippen LogP contribution >= 0.6 is 0 Å². The van der Waals surface area contributed by atoms with Crippen molar-refractivity contribution in [2.45, 2.75) is 134 Å². The summed E-state index contributed by atoms with van der Waals surface area (Å²) in [6.07, 6.45) is 19.9. The number of carboxylic acids is 2. The number of carboxylic acid groups (broad SMARTS) is 2. The number of rotatable bonds is 24. The molecule has 7 nitrogen and oxygen atoms in total. The summed E-state index contributed by atoms with van der Waals surface area (Å²) in [4.78, 5) is 43.6. The first-order valence-corrected chi connectivity index (χ1v) is 12.6. The second-order valence-corrected chi connectivity index (χ2v) is 8.79. The molecule has 0 aromatic rings. The lowest BCUT2D eigenvalue weighted by molar-refractivity contribution is -0.138. The Bertz CT molecular complexity index is 509. The Hall–Kier alpha value is -1.92. The third-order valence-electron chi connectivity index (χ3n) is 5.72. The molecule has 32 heavy (non-hydrogen) atoms. The topological polar surface area (TPSA) is 121 Å². The number of carbonyl (C=O) groups is 4. The molecule has 0 aromatic heterocycles. The van der Waals surface area contributed by atoms with Crippen molar-refractivity contribution in [3.8, 4) is 0 Å². The van der Waals surface area contributed by atoms with Crippen molar-refractivity contribution < 1.29 is 29.4 Å². The maximum atomic E-state index is 11.8. The van der Waals surface area contributed by atoms with E-state index in [2.05, 4.69) is 5.32 Å². The van der Waals surface area contributed by atoms with Gasteiger partial charge in [0.2, 0.25) is 5.91 Å². The van der Waals surface area contributed by atoms with Gasteiger partial charge in [-0.1, -0.05) is 89.9 Å². The van der Waals surface area contributed by atoms with Gasteiger partial charge in [-0.3, -0.25) is 14.4 Å². The Morgan fingerprint density at radius 2 is 0.906 bits per heavy atom. The lowest BCUT2D eigenvalue weighted by Crippen LogP contribution is -2.36. The van der Waals surface area contributed by atoms with Crippen molar-refractivity contribution in [1.29, 1.82) is 0 Å². The second kappa shape index (κ2) is 22.3. The first-order chi connectivity index (χ1) is 15.5. The molecule has 1 atom stereocenters. The molecule has 3 N–H and O–H groups in total. The summed E-state index contributed by atoms with van der Waals surface area (Å²) in [6, 6.07) is -0.700. The van der Waals surface area contributed by atoms with Crippen LogP contribution in [0.2, 0.25) is 0 Å². The molecule has 0 spiro atoms. The summed E-state index contributed by atoms with van der Waals surface area (Å²) in [5.74, 6) is -1.83. The number of nitrogens with one attached hydrogen (secondary N) is 1. The monoisotopic (exact) mass is 455 g/mol. The summed E-state index contributed by atoms with van der Waals surface area (Å²) >= 11 is 0. The molecule has 186 valence electrons. The molecule has 0 saturated carbocycles. The quantitative estimate of drug-likeness (QED) is 0.128. The summed E-state index contributed by atoms with van der Waals surface area (Å²) < 4.78 is 0. The fraction of sp³-hybridized carbons (Fsp3) is 0.840. The lowest BCUT2D eigenvalue weighted by atomic mass is 10.0. The molecule has 0 aliphatic heterocycles. The van der Waals surface area contributed by atoms with Crippen molar-refractivity contribution in [2.24, 2.45) is 0 Å². The van der Waals surface area contributed by atoms with E-state index in [1.165, 1.54) is 64.2 Å². The minimum atomic E-state index is -0.968. The number of hydrogen-bond acceptors (Lipinski definition) is 4. The Morgan fingerprint density at radius 1 is 0.562 bits per heavy atom. The first-order valence-electron chi connectivity index (χ1n) is 12.6. The third-order valence-corrected chi connectivity index (χ3v) is 5.72. The Labute approximate surface area is 193 Å². The Morgan fingerprint density at radius 3 is 1.25 bits per heavy atom. The maximum absolute atomic E-state index is 11.8. The number of aliphatic carboxylic acids is 2. The van der Waals surface area contributed by atoms with E-state index in [4.69, 9.17) is 10.2 Å². The molecule has 0 radical (unpaired) electrons. The summed E-state index contributed by atoms with van der Waals surface area (Å²) in [5.41, 5.74) is 0. The van der Waals surface area contributed by atoms with Crippen LogP contribution in [-0.2, 0) is 19.2 Å². The number of carbonyl (C=O) groups excluding carboxylic acids is 2. The van der Waals surface area contributed by atoms with E-state index in [0.717, 1.165) is 38.5 Å². The predicted octanol–water partition coefficient (Wildman–Crippen LogP) is 5.64. The van der Waals surface area contributed by atoms with Gasteiger partial charge >= 0.3 is 11.9 Å². The molecule has 0 aliphatic carbocycles. The minimum absolute atomic E-state index is 0.124. The van der Waals surface area contributed by atoms with Gasteiger partial charge in [0.25, 0.3) is 0 Å². The van der Waals surface area contributed by atoms with Gasteiger partial charge in [-0.25, -0.2) is 0 Å². The average molecular weight is 456 g/mol. The van der Waals surface area contributed by atoms with E-state index < -0.39 is 18.0 Å². The molecule has 0 fully saturated rings. The molecule has 0 saturated heterocycles. The second-order valence-electron chi connectivity index (χ2n) is 8.79. The highest BCUT2D eigenvalue weighted by molar-refractivity contribution is 5.79. The molecule has 0 bridgehead atoms. The molecular weight excluding hydrogens is 410 g/mol. The zero-order valence-corrected chi connectivity index (χ0v) is 19.8. The fourth-order valence-corrected chi connectivity index (χ4v) is 3.77. The molecule has 0 heterocycles. The number of aldehydes is 1. The normalized spacial score (nSPS) is 11.8. The van der Waals surface area contributed by atoms with E-state index in [-0.39, 0.29) is 18.7 Å². The van der Waals surface area contributed by atoms with Crippen LogP contribution in [0.1, 0.15) is 128 Å². The SMILES string of the molecule is O=C[C@H](CCC(=O)O)NC(=O)CCCCCCCCCCCCCCCCCCC(=O)O. The molecule has 7 heteroatoms. The lowest BCUT2D eigenvalue weighted by Gasteiger charge is -2.11. The van der Waals surface area contributed by atoms with E-state index in [0.29, 0.717) is 19.1 Å². The summed E-state index contributed by atoms with van der Waals surface area (Å²) in [7, 11) is 0. The fourth-order valence-electron chi connectivity index (χ4n) is 3.77. The molecule has 0 aliphatic rings. The van der Waals surface area contributed by atoms with Crippen molar-refractivity contribution in [1.82, 2.24) is 5.32 Å². The van der Waals surface area contributed by atoms with Crippen LogP contribution in [-0.4, -0.2) is 40.4 Å². The van der Waals surface area contributed by atoms with Gasteiger partial charge in [0.1, 0.15) is 6.29 Å². The molecule has 0 unspecified atom stereocenters. The van der Waals surface area contributed by atoms with Crippen LogP contribution in [0.4, 0.5) is 0 Å². The Kier molecular flexibility index (Phi) is 20.9. The largest absolute Gasteiger partial charge is 0.481 e. The first kappa shape index (κ1) is 30.1. The molecule has 0 rings (SSSR count). The van der Waals surface area contributed by atoms with Crippen LogP contribution in [0.25, 0.3) is 0 Å². The van der Waals surface area contributed by atoms with Crippen LogP contribution in [0.3, 0.4) is 0 Å². The van der Waals surface area contributed by atoms with E-state index >= 15 is 0 Å². The van der Waals surface area contributed by atoms with Crippen molar-refractivity contribution >= 4 is 24.1 Å². The van der Waals surface area contributed by atoms with E-state index in [1.807, 2.05) is 0 Å². The summed E-state index contributed by atoms with van der Waals surface area (Å²) in [6.45, 7) is 0. The van der Waals surface area contributed by atoms with Crippen molar-refractivity contribution in [2.75, 3.05) is 0 Å². The van der Waals surface area contributed by atoms with E-state index in [1.54, 1.807) is 0 Å². The van der Waals surface area contributed by atoms with Gasteiger partial charge in [0.15, 0.2) is 0 Å². The Balaban J connectivity index is 3.30. The maximum Gasteiger partial charge on any atom is 0.303 e. The number of amides is 1. The standard InChI is InChI=1S/C25H45NO6/c27-21-22(19-20-25(31)32)26-23(28)17-15-13-11-9-7-5-3-1-2-4-6-8-10-12-14-16-18-24(29)30/h21-22H,1-20H2,(H,26,28)(H,29,30)(H,31,32)/t22-/m0/s1. The molecular formula is C25H45NO6. The molecule has 1 amide bonds. The van der Waals surface area contributed by atoms with E-state index in [9.17, 15) is 19.2 Å². The van der Waals surface area contributed by atoms with Crippen LogP contribution in [0.5, 0.6) is 0 Å². The molecule has 0 aromatic carbocycles. The van der Waals surface area contributed by atoms with Crippen LogP contribution < -0.4 is 5.32 Å². The van der Waals surface area contributed by atoms with Gasteiger partial charge in [-0.15, -0.1) is 0 Å². The highest BCUT2D eigenvalue weighted by atomic mass is 16.4. The number of hydrogen-bond donors (Lipinski definition) is 3. The summed E-state index contributed by atoms with van der Waals surface area (Å²) in [5, 5.41) is 19.8. The van der Waals surface area contributed by atoms with Crippen LogP contribution in [0.15, 0.2) is 0 Å². The average Bonchev–Trinajstić information content (AvgIpc) is 2.75. The van der Waals surface area contributed by atoms with Gasteiger partial charge in [-0.2, -0.15) is 0 Å². The van der Waals surface area contributed by atoms with Crippen molar-refractivity contribution in [3.05, 3.63) is 0 Å². The van der Waals surface area contributed by atoms with Gasteiger partial charge < -0.3 is 20.3 Å². The zero-order chi connectivity index (χ0) is 23.9. The van der Waals surface area contributed by atoms with Gasteiger partial charge in [-0.05, 0) is 19.3 Å². The number of unbranched alkanes of at least 4 members (excludes halogenated alkanes) is 15. The zero-order valence-electron chi connectivity index (χ0n) is 19.8.